The molecular formula is C3H7NOSe. The van der Waals surface area contributed by atoms with Crippen molar-refractivity contribution in [1.29, 1.82) is 0 Å². The van der Waals surface area contributed by atoms with Crippen LogP contribution < -0.4 is 5.73 Å². The van der Waals surface area contributed by atoms with Gasteiger partial charge in [0.2, 0.25) is 0 Å². The van der Waals surface area contributed by atoms with E-state index < -0.39 is 0 Å². The fourth-order valence-corrected chi connectivity index (χ4v) is 0. The van der Waals surface area contributed by atoms with Crippen molar-refractivity contribution in [1.82, 2.24) is 0 Å². The second-order valence-electron chi connectivity index (χ2n) is 1.13. The topological polar surface area (TPSA) is 46.2 Å². The second kappa shape index (κ2) is 2.34. The third-order valence-electron chi connectivity index (χ3n) is 0.390. The minimum absolute atomic E-state index is 0.162. The Bertz CT molecular complexity index is 61.8. The molecule has 3 N–H and O–H groups in total. The fourth-order valence-electron chi connectivity index (χ4n) is 0. The quantitative estimate of drug-likeness (QED) is 0.473. The van der Waals surface area contributed by atoms with Crippen LogP contribution in [0.25, 0.3) is 0 Å². The van der Waals surface area contributed by atoms with Crippen molar-refractivity contribution in [3.8, 4) is 0 Å². The first-order valence-corrected chi connectivity index (χ1v) is 2.48. The molecule has 2 nitrogen and oxygen atoms in total. The zero-order valence-corrected chi connectivity index (χ0v) is 5.22. The molecule has 36 valence electrons. The van der Waals surface area contributed by atoms with Crippen LogP contribution in [0.2, 0.25) is 0 Å². The average molecular weight is 152 g/mol. The molecule has 0 aromatic heterocycles. The van der Waals surface area contributed by atoms with Gasteiger partial charge in [-0.25, -0.2) is 0 Å². The Morgan fingerprint density at radius 2 is 2.17 bits per heavy atom. The van der Waals surface area contributed by atoms with Crippen LogP contribution in [-0.4, -0.2) is 31.3 Å². The number of aliphatic hydroxyl groups is 1. The summed E-state index contributed by atoms with van der Waals surface area (Å²) in [4.78, 5) is 0. The average Bonchev–Trinajstić information content (AvgIpc) is 1.36. The maximum atomic E-state index is 8.37. The Kier molecular flexibility index (Phi) is 2.40. The van der Waals surface area contributed by atoms with Crippen LogP contribution in [0.1, 0.15) is 6.92 Å². The van der Waals surface area contributed by atoms with E-state index in [2.05, 4.69) is 15.6 Å². The molecule has 0 aliphatic heterocycles. The first-order valence-electron chi connectivity index (χ1n) is 1.63. The van der Waals surface area contributed by atoms with Gasteiger partial charge in [0.25, 0.3) is 0 Å². The van der Waals surface area contributed by atoms with Gasteiger partial charge in [0.15, 0.2) is 0 Å². The molecule has 0 aliphatic rings. The van der Waals surface area contributed by atoms with Gasteiger partial charge in [-0.05, 0) is 0 Å². The number of hydrogen-bond acceptors (Lipinski definition) is 2. The Hall–Kier alpha value is 0.149. The molecule has 0 aromatic rings. The molecule has 0 bridgehead atoms. The predicted molar refractivity (Wildman–Crippen MR) is 26.3 cm³/mol. The van der Waals surface area contributed by atoms with E-state index in [1.54, 1.807) is 6.92 Å². The summed E-state index contributed by atoms with van der Waals surface area (Å²) in [6.45, 7) is 1.70. The molecule has 0 heterocycles. The van der Waals surface area contributed by atoms with Crippen LogP contribution in [0.15, 0.2) is 0 Å². The van der Waals surface area contributed by atoms with Crippen LogP contribution in [0, 0.1) is 0 Å². The third-order valence-corrected chi connectivity index (χ3v) is 1.17. The standard InChI is InChI=1S/C3H7NOSe/c1-2(4)3(5)6/h2H,4H2,1H3,(H,5,6). The van der Waals surface area contributed by atoms with Crippen LogP contribution in [0.4, 0.5) is 0 Å². The van der Waals surface area contributed by atoms with Gasteiger partial charge in [0, 0.05) is 0 Å². The summed E-state index contributed by atoms with van der Waals surface area (Å²) in [6.07, 6.45) is 0. The van der Waals surface area contributed by atoms with Crippen molar-refractivity contribution in [3.63, 3.8) is 0 Å². The summed E-state index contributed by atoms with van der Waals surface area (Å²) >= 11 is 2.39. The van der Waals surface area contributed by atoms with Crippen molar-refractivity contribution < 1.29 is 5.11 Å². The van der Waals surface area contributed by atoms with Crippen LogP contribution in [0.3, 0.4) is 0 Å². The zero-order valence-electron chi connectivity index (χ0n) is 3.51. The maximum absolute atomic E-state index is 8.37. The Labute approximate surface area is 44.7 Å². The predicted octanol–water partition coefficient (Wildman–Crippen LogP) is -0.995. The number of rotatable bonds is 1. The van der Waals surface area contributed by atoms with Crippen molar-refractivity contribution >= 4 is 20.2 Å². The zero-order chi connectivity index (χ0) is 5.15. The SMILES string of the molecule is CC(N)C(O)=[Se]. The molecule has 3 heteroatoms. The van der Waals surface area contributed by atoms with E-state index in [4.69, 9.17) is 10.8 Å². The summed E-state index contributed by atoms with van der Waals surface area (Å²) in [6, 6.07) is -0.231. The van der Waals surface area contributed by atoms with Gasteiger partial charge in [0.1, 0.15) is 0 Å². The molecular weight excluding hydrogens is 145 g/mol. The molecule has 6 heavy (non-hydrogen) atoms. The summed E-state index contributed by atoms with van der Waals surface area (Å²) < 4.78 is 0.162. The van der Waals surface area contributed by atoms with Gasteiger partial charge < -0.3 is 0 Å². The molecule has 0 rings (SSSR count). The van der Waals surface area contributed by atoms with Gasteiger partial charge in [-0.2, -0.15) is 0 Å². The first kappa shape index (κ1) is 6.15. The van der Waals surface area contributed by atoms with Crippen molar-refractivity contribution in [2.24, 2.45) is 5.73 Å². The van der Waals surface area contributed by atoms with Crippen molar-refractivity contribution in [2.45, 2.75) is 13.0 Å². The van der Waals surface area contributed by atoms with Gasteiger partial charge in [-0.1, -0.05) is 0 Å². The Balaban J connectivity index is 3.26. The molecule has 0 spiro atoms. The van der Waals surface area contributed by atoms with E-state index in [9.17, 15) is 0 Å². The molecule has 0 amide bonds. The Morgan fingerprint density at radius 1 is 2.00 bits per heavy atom. The number of nitrogens with two attached hydrogens (primary N) is 1. The molecule has 1 unspecified atom stereocenters. The summed E-state index contributed by atoms with van der Waals surface area (Å²) in [5, 5.41) is 8.37. The summed E-state index contributed by atoms with van der Waals surface area (Å²) in [7, 11) is 0. The summed E-state index contributed by atoms with van der Waals surface area (Å²) in [5.41, 5.74) is 5.12. The van der Waals surface area contributed by atoms with E-state index >= 15 is 0 Å². The van der Waals surface area contributed by atoms with Crippen molar-refractivity contribution in [3.05, 3.63) is 0 Å². The first-order chi connectivity index (χ1) is 2.64. The van der Waals surface area contributed by atoms with E-state index in [-0.39, 0.29) is 10.6 Å². The molecule has 1 atom stereocenters. The monoisotopic (exact) mass is 153 g/mol. The van der Waals surface area contributed by atoms with E-state index in [1.807, 2.05) is 0 Å². The molecule has 0 aromatic carbocycles. The van der Waals surface area contributed by atoms with Gasteiger partial charge in [0.05, 0.1) is 0 Å². The van der Waals surface area contributed by atoms with Gasteiger partial charge in [-0.15, -0.1) is 0 Å². The third kappa shape index (κ3) is 2.39. The van der Waals surface area contributed by atoms with Crippen molar-refractivity contribution in [2.75, 3.05) is 0 Å². The molecule has 0 aliphatic carbocycles. The minimum atomic E-state index is -0.231. The van der Waals surface area contributed by atoms with Crippen LogP contribution in [0.5, 0.6) is 0 Å². The Morgan fingerprint density at radius 3 is 2.17 bits per heavy atom. The fraction of sp³-hybridized carbons (Fsp3) is 0.667. The molecule has 0 saturated heterocycles. The second-order valence-corrected chi connectivity index (χ2v) is 2.00. The molecule has 0 saturated carbocycles. The van der Waals surface area contributed by atoms with E-state index in [0.717, 1.165) is 0 Å². The number of hydrogen-bond donors (Lipinski definition) is 2. The van der Waals surface area contributed by atoms with E-state index in [0.29, 0.717) is 0 Å². The number of aliphatic hydroxyl groups excluding tert-OH is 1. The van der Waals surface area contributed by atoms with Gasteiger partial charge in [-0.3, -0.25) is 0 Å². The van der Waals surface area contributed by atoms with Gasteiger partial charge >= 0.3 is 44.0 Å². The molecule has 0 radical (unpaired) electrons. The van der Waals surface area contributed by atoms with Crippen LogP contribution >= 0.6 is 0 Å². The van der Waals surface area contributed by atoms with E-state index in [1.165, 1.54) is 0 Å². The van der Waals surface area contributed by atoms with Crippen LogP contribution in [-0.2, 0) is 0 Å². The molecule has 0 fully saturated rings. The normalized spacial score (nSPS) is 13.7. The summed E-state index contributed by atoms with van der Waals surface area (Å²) in [5.74, 6) is 0.